The zero-order valence-electron chi connectivity index (χ0n) is 12.1. The zero-order chi connectivity index (χ0) is 16.1. The fourth-order valence-corrected chi connectivity index (χ4v) is 2.71. The summed E-state index contributed by atoms with van der Waals surface area (Å²) in [7, 11) is 0. The zero-order valence-corrected chi connectivity index (χ0v) is 13.7. The van der Waals surface area contributed by atoms with Crippen LogP contribution >= 0.6 is 24.2 Å². The van der Waals surface area contributed by atoms with Crippen molar-refractivity contribution in [1.82, 2.24) is 10.6 Å². The van der Waals surface area contributed by atoms with E-state index in [0.717, 1.165) is 30.9 Å². The second-order valence-corrected chi connectivity index (χ2v) is 5.94. The van der Waals surface area contributed by atoms with Crippen LogP contribution in [0.25, 0.3) is 0 Å². The lowest BCUT2D eigenvalue weighted by molar-refractivity contribution is -0.387. The quantitative estimate of drug-likeness (QED) is 0.370. The molecule has 0 saturated carbocycles. The van der Waals surface area contributed by atoms with Crippen molar-refractivity contribution in [1.29, 1.82) is 0 Å². The van der Waals surface area contributed by atoms with Crippen molar-refractivity contribution in [2.45, 2.75) is 4.90 Å². The number of nitrogens with two attached hydrogens (primary N) is 1. The van der Waals surface area contributed by atoms with Gasteiger partial charge in [0.2, 0.25) is 11.8 Å². The van der Waals surface area contributed by atoms with Crippen LogP contribution in [0, 0.1) is 16.0 Å². The van der Waals surface area contributed by atoms with E-state index in [0.29, 0.717) is 17.4 Å². The Hall–Kier alpha value is -1.84. The Morgan fingerprint density at radius 2 is 2.13 bits per heavy atom. The van der Waals surface area contributed by atoms with Crippen molar-refractivity contribution < 1.29 is 14.5 Å². The highest BCUT2D eigenvalue weighted by Gasteiger charge is 2.19. The van der Waals surface area contributed by atoms with E-state index in [1.165, 1.54) is 12.1 Å². The molecule has 1 aromatic rings. The molecule has 0 radical (unpaired) electrons. The fraction of sp³-hybridized carbons (Fsp3) is 0.385. The second-order valence-electron chi connectivity index (χ2n) is 4.92. The maximum atomic E-state index is 11.7. The van der Waals surface area contributed by atoms with Crippen LogP contribution < -0.4 is 16.4 Å². The van der Waals surface area contributed by atoms with Gasteiger partial charge in [0, 0.05) is 37.2 Å². The smallest absolute Gasteiger partial charge is 0.283 e. The van der Waals surface area contributed by atoms with E-state index in [2.05, 4.69) is 10.6 Å². The number of carbonyl (C=O) groups excluding carboxylic acids is 2. The van der Waals surface area contributed by atoms with E-state index in [9.17, 15) is 19.7 Å². The van der Waals surface area contributed by atoms with Gasteiger partial charge in [-0.1, -0.05) is 0 Å². The molecule has 10 heteroatoms. The SMILES string of the molecule is Cl.NC(=O)c1ccc(SCC(=O)NCC2CNC2)c([N+](=O)[O-])c1. The Labute approximate surface area is 143 Å². The van der Waals surface area contributed by atoms with E-state index < -0.39 is 10.8 Å². The molecule has 0 aliphatic carbocycles. The van der Waals surface area contributed by atoms with Gasteiger partial charge < -0.3 is 16.4 Å². The largest absolute Gasteiger partial charge is 0.366 e. The molecular weight excluding hydrogens is 344 g/mol. The number of carbonyl (C=O) groups is 2. The number of primary amides is 1. The van der Waals surface area contributed by atoms with Gasteiger partial charge in [-0.05, 0) is 12.1 Å². The van der Waals surface area contributed by atoms with E-state index in [1.807, 2.05) is 0 Å². The van der Waals surface area contributed by atoms with Gasteiger partial charge in [0.25, 0.3) is 5.69 Å². The van der Waals surface area contributed by atoms with E-state index in [1.54, 1.807) is 0 Å². The molecule has 0 bridgehead atoms. The van der Waals surface area contributed by atoms with Gasteiger partial charge in [-0.15, -0.1) is 24.2 Å². The van der Waals surface area contributed by atoms with E-state index in [-0.39, 0.29) is 35.3 Å². The molecule has 1 fully saturated rings. The second kappa shape index (κ2) is 8.70. The molecule has 1 aromatic carbocycles. The van der Waals surface area contributed by atoms with Crippen molar-refractivity contribution in [3.8, 4) is 0 Å². The van der Waals surface area contributed by atoms with Crippen LogP contribution in [-0.2, 0) is 4.79 Å². The standard InChI is InChI=1S/C13H16N4O4S.ClH/c14-13(19)9-1-2-11(10(3-9)17(20)21)22-7-12(18)16-6-8-4-15-5-8;/h1-3,8,15H,4-7H2,(H2,14,19)(H,16,18);1H. The van der Waals surface area contributed by atoms with Crippen LogP contribution in [-0.4, -0.2) is 42.1 Å². The van der Waals surface area contributed by atoms with Gasteiger partial charge >= 0.3 is 0 Å². The summed E-state index contributed by atoms with van der Waals surface area (Å²) in [4.78, 5) is 33.6. The van der Waals surface area contributed by atoms with E-state index in [4.69, 9.17) is 5.73 Å². The minimum absolute atomic E-state index is 0. The molecule has 2 rings (SSSR count). The fourth-order valence-electron chi connectivity index (χ4n) is 1.88. The minimum atomic E-state index is -0.730. The van der Waals surface area contributed by atoms with Gasteiger partial charge in [0.1, 0.15) is 0 Å². The lowest BCUT2D eigenvalue weighted by Crippen LogP contribution is -2.48. The number of rotatable bonds is 7. The molecule has 2 amide bonds. The maximum absolute atomic E-state index is 11.7. The summed E-state index contributed by atoms with van der Waals surface area (Å²) in [5, 5.41) is 16.9. The molecule has 0 aromatic heterocycles. The summed E-state index contributed by atoms with van der Waals surface area (Å²) in [6.07, 6.45) is 0. The summed E-state index contributed by atoms with van der Waals surface area (Å²) >= 11 is 1.06. The van der Waals surface area contributed by atoms with Gasteiger partial charge in [0.15, 0.2) is 0 Å². The lowest BCUT2D eigenvalue weighted by Gasteiger charge is -2.27. The first kappa shape index (κ1) is 19.2. The van der Waals surface area contributed by atoms with Crippen molar-refractivity contribution >= 4 is 41.7 Å². The Morgan fingerprint density at radius 1 is 1.43 bits per heavy atom. The Bertz CT molecular complexity index is 610. The van der Waals surface area contributed by atoms with Crippen molar-refractivity contribution in [3.63, 3.8) is 0 Å². The molecule has 126 valence electrons. The third kappa shape index (κ3) is 5.38. The number of amides is 2. The number of halogens is 1. The van der Waals surface area contributed by atoms with E-state index >= 15 is 0 Å². The van der Waals surface area contributed by atoms with Crippen LogP contribution in [0.4, 0.5) is 5.69 Å². The Kier molecular flexibility index (Phi) is 7.27. The number of benzene rings is 1. The first-order valence-electron chi connectivity index (χ1n) is 6.66. The Morgan fingerprint density at radius 3 is 2.65 bits per heavy atom. The normalized spacial score (nSPS) is 13.6. The highest BCUT2D eigenvalue weighted by atomic mass is 35.5. The number of thioether (sulfide) groups is 1. The number of nitro benzene ring substituents is 1. The van der Waals surface area contributed by atoms with Crippen LogP contribution in [0.5, 0.6) is 0 Å². The van der Waals surface area contributed by atoms with Gasteiger partial charge in [-0.25, -0.2) is 0 Å². The third-order valence-electron chi connectivity index (χ3n) is 3.25. The Balaban J connectivity index is 0.00000264. The van der Waals surface area contributed by atoms with Crippen molar-refractivity contribution in [3.05, 3.63) is 33.9 Å². The predicted octanol–water partition coefficient (Wildman–Crippen LogP) is 0.543. The summed E-state index contributed by atoms with van der Waals surface area (Å²) in [5.41, 5.74) is 4.95. The molecule has 0 atom stereocenters. The highest BCUT2D eigenvalue weighted by Crippen LogP contribution is 2.29. The van der Waals surface area contributed by atoms with Gasteiger partial charge in [0.05, 0.1) is 15.6 Å². The summed E-state index contributed by atoms with van der Waals surface area (Å²) in [6, 6.07) is 3.98. The molecule has 1 aliphatic heterocycles. The average Bonchev–Trinajstić information content (AvgIpc) is 2.43. The molecule has 1 saturated heterocycles. The average molecular weight is 361 g/mol. The molecule has 1 aliphatic rings. The maximum Gasteiger partial charge on any atom is 0.283 e. The van der Waals surface area contributed by atoms with Crippen LogP contribution in [0.1, 0.15) is 10.4 Å². The van der Waals surface area contributed by atoms with Crippen molar-refractivity contribution in [2.24, 2.45) is 11.7 Å². The van der Waals surface area contributed by atoms with Crippen LogP contribution in [0.2, 0.25) is 0 Å². The van der Waals surface area contributed by atoms with Crippen LogP contribution in [0.3, 0.4) is 0 Å². The predicted molar refractivity (Wildman–Crippen MR) is 89.0 cm³/mol. The lowest BCUT2D eigenvalue weighted by atomic mass is 10.0. The van der Waals surface area contributed by atoms with Crippen molar-refractivity contribution in [2.75, 3.05) is 25.4 Å². The molecule has 23 heavy (non-hydrogen) atoms. The number of hydrogen-bond donors (Lipinski definition) is 3. The summed E-state index contributed by atoms with van der Waals surface area (Å²) < 4.78 is 0. The molecule has 8 nitrogen and oxygen atoms in total. The third-order valence-corrected chi connectivity index (χ3v) is 4.32. The monoisotopic (exact) mass is 360 g/mol. The van der Waals surface area contributed by atoms with Gasteiger partial charge in [-0.3, -0.25) is 19.7 Å². The van der Waals surface area contributed by atoms with Crippen LogP contribution in [0.15, 0.2) is 23.1 Å². The molecule has 0 spiro atoms. The summed E-state index contributed by atoms with van der Waals surface area (Å²) in [5.74, 6) is -0.369. The minimum Gasteiger partial charge on any atom is -0.366 e. The first-order chi connectivity index (χ1) is 10.5. The molecule has 4 N–H and O–H groups in total. The summed E-state index contributed by atoms with van der Waals surface area (Å²) in [6.45, 7) is 2.40. The number of hydrogen-bond acceptors (Lipinski definition) is 6. The molecule has 0 unspecified atom stereocenters. The van der Waals surface area contributed by atoms with Gasteiger partial charge in [-0.2, -0.15) is 0 Å². The highest BCUT2D eigenvalue weighted by molar-refractivity contribution is 8.00. The number of nitrogens with one attached hydrogen (secondary N) is 2. The molecule has 1 heterocycles. The first-order valence-corrected chi connectivity index (χ1v) is 7.64. The number of nitro groups is 1. The number of nitrogens with zero attached hydrogens (tertiary/aromatic N) is 1. The topological polar surface area (TPSA) is 127 Å². The molecular formula is C13H17ClN4O4S.